The van der Waals surface area contributed by atoms with E-state index in [1.165, 1.54) is 49.3 Å². The number of rotatable bonds is 0. The number of hydrogen-bond acceptors (Lipinski definition) is 2. The third kappa shape index (κ3) is 2.13. The molecule has 0 radical (unpaired) electrons. The fourth-order valence-corrected chi connectivity index (χ4v) is 9.91. The monoisotopic (exact) mass is 432 g/mol. The second-order valence-electron chi connectivity index (χ2n) is 8.00. The summed E-state index contributed by atoms with van der Waals surface area (Å²) in [4.78, 5) is 4.53. The molecule has 4 heteroatoms. The number of benzene rings is 4. The number of pyridine rings is 1. The third-order valence-corrected chi connectivity index (χ3v) is 11.2. The van der Waals surface area contributed by atoms with E-state index >= 15 is 0 Å². The zero-order valence-electron chi connectivity index (χ0n) is 16.6. The number of nitrogens with zero attached hydrogens (tertiary/aromatic N) is 2. The van der Waals surface area contributed by atoms with Gasteiger partial charge in [0.2, 0.25) is 0 Å². The first-order valence-corrected chi connectivity index (χ1v) is 13.1. The Kier molecular flexibility index (Phi) is 3.45. The summed E-state index contributed by atoms with van der Waals surface area (Å²) in [5.74, 6) is 0. The SMILES string of the molecule is S=P12c3ccccc3-c3ccncc3N1c1c(ccc3ccccc13)-c1ccccc12. The summed E-state index contributed by atoms with van der Waals surface area (Å²) in [6.45, 7) is 0. The molecule has 2 nitrogen and oxygen atoms in total. The maximum atomic E-state index is 6.76. The van der Waals surface area contributed by atoms with Crippen LogP contribution in [0.2, 0.25) is 0 Å². The fraction of sp³-hybridized carbons (Fsp3) is 0. The molecular formula is C27H17N2PS. The molecule has 3 heterocycles. The molecule has 2 aliphatic rings. The summed E-state index contributed by atoms with van der Waals surface area (Å²) in [7, 11) is 0. The van der Waals surface area contributed by atoms with E-state index in [-0.39, 0.29) is 0 Å². The molecule has 1 unspecified atom stereocenters. The highest BCUT2D eigenvalue weighted by atomic mass is 32.4. The predicted octanol–water partition coefficient (Wildman–Crippen LogP) is 6.38. The van der Waals surface area contributed by atoms with Gasteiger partial charge < -0.3 is 4.67 Å². The highest BCUT2D eigenvalue weighted by Crippen LogP contribution is 2.66. The molecule has 0 N–H and O–H groups in total. The van der Waals surface area contributed by atoms with Crippen LogP contribution >= 0.6 is 6.19 Å². The average molecular weight is 432 g/mol. The van der Waals surface area contributed by atoms with E-state index in [4.69, 9.17) is 11.8 Å². The van der Waals surface area contributed by atoms with Crippen LogP contribution in [0.3, 0.4) is 0 Å². The molecule has 0 amide bonds. The molecule has 0 aliphatic carbocycles. The lowest BCUT2D eigenvalue weighted by Crippen LogP contribution is -2.37. The van der Waals surface area contributed by atoms with E-state index in [2.05, 4.69) is 101 Å². The second-order valence-corrected chi connectivity index (χ2v) is 12.1. The minimum absolute atomic E-state index is 1.11. The molecule has 0 bridgehead atoms. The number of aromatic nitrogens is 1. The summed E-state index contributed by atoms with van der Waals surface area (Å²) in [5.41, 5.74) is 7.25. The van der Waals surface area contributed by atoms with Gasteiger partial charge in [-0.2, -0.15) is 0 Å². The van der Waals surface area contributed by atoms with Gasteiger partial charge in [0.05, 0.1) is 23.8 Å². The topological polar surface area (TPSA) is 16.1 Å². The Bertz CT molecular complexity index is 1590. The van der Waals surface area contributed by atoms with Crippen molar-refractivity contribution in [1.82, 2.24) is 4.98 Å². The lowest BCUT2D eigenvalue weighted by Gasteiger charge is -2.47. The number of hydrogen-bond donors (Lipinski definition) is 0. The van der Waals surface area contributed by atoms with Crippen LogP contribution in [0.25, 0.3) is 33.0 Å². The molecular weight excluding hydrogens is 415 g/mol. The maximum Gasteiger partial charge on any atom is 0.0986 e. The summed E-state index contributed by atoms with van der Waals surface area (Å²) < 4.78 is 2.47. The number of anilines is 2. The molecule has 0 saturated heterocycles. The van der Waals surface area contributed by atoms with Crippen LogP contribution in [0.1, 0.15) is 0 Å². The minimum atomic E-state index is -2.34. The number of fused-ring (bicyclic) bond motifs is 13. The molecule has 31 heavy (non-hydrogen) atoms. The average Bonchev–Trinajstić information content (AvgIpc) is 2.84. The van der Waals surface area contributed by atoms with Gasteiger partial charge in [-0.3, -0.25) is 4.98 Å². The smallest absolute Gasteiger partial charge is 0.0986 e. The normalized spacial score (nSPS) is 17.9. The van der Waals surface area contributed by atoms with E-state index in [1.807, 2.05) is 12.4 Å². The van der Waals surface area contributed by atoms with Crippen LogP contribution in [0.15, 0.2) is 103 Å². The first kappa shape index (κ1) is 17.4. The Hall–Kier alpha value is -3.26. The quantitative estimate of drug-likeness (QED) is 0.264. The maximum absolute atomic E-state index is 6.76. The first-order valence-electron chi connectivity index (χ1n) is 10.3. The summed E-state index contributed by atoms with van der Waals surface area (Å²) in [5, 5.41) is 4.98. The Balaban J connectivity index is 1.74. The molecule has 0 spiro atoms. The Morgan fingerprint density at radius 1 is 0.645 bits per heavy atom. The predicted molar refractivity (Wildman–Crippen MR) is 135 cm³/mol. The molecule has 1 atom stereocenters. The van der Waals surface area contributed by atoms with Crippen LogP contribution < -0.4 is 15.3 Å². The molecule has 7 rings (SSSR count). The van der Waals surface area contributed by atoms with Gasteiger partial charge in [-0.05, 0) is 22.6 Å². The van der Waals surface area contributed by atoms with Crippen molar-refractivity contribution in [3.8, 4) is 22.3 Å². The second kappa shape index (κ2) is 6.13. The third-order valence-electron chi connectivity index (χ3n) is 6.46. The van der Waals surface area contributed by atoms with Gasteiger partial charge in [-0.15, -0.1) is 0 Å². The summed E-state index contributed by atoms with van der Waals surface area (Å²) in [6, 6.07) is 32.6. The fourth-order valence-electron chi connectivity index (χ4n) is 5.17. The molecule has 1 aromatic heterocycles. The van der Waals surface area contributed by atoms with Gasteiger partial charge >= 0.3 is 0 Å². The van der Waals surface area contributed by atoms with Crippen molar-refractivity contribution in [2.45, 2.75) is 0 Å². The zero-order chi connectivity index (χ0) is 20.6. The minimum Gasteiger partial charge on any atom is -0.302 e. The van der Waals surface area contributed by atoms with Crippen molar-refractivity contribution in [2.75, 3.05) is 4.67 Å². The van der Waals surface area contributed by atoms with Crippen molar-refractivity contribution in [2.24, 2.45) is 0 Å². The van der Waals surface area contributed by atoms with Crippen molar-refractivity contribution < 1.29 is 0 Å². The lowest BCUT2D eigenvalue weighted by atomic mass is 9.96. The highest BCUT2D eigenvalue weighted by molar-refractivity contribution is 8.23. The van der Waals surface area contributed by atoms with Crippen LogP contribution in [0.5, 0.6) is 0 Å². The zero-order valence-corrected chi connectivity index (χ0v) is 18.3. The molecule has 0 fully saturated rings. The van der Waals surface area contributed by atoms with E-state index in [1.54, 1.807) is 0 Å². The van der Waals surface area contributed by atoms with Gasteiger partial charge in [0.25, 0.3) is 0 Å². The van der Waals surface area contributed by atoms with Gasteiger partial charge in [0, 0.05) is 33.3 Å². The van der Waals surface area contributed by atoms with Crippen LogP contribution in [0, 0.1) is 0 Å². The van der Waals surface area contributed by atoms with Crippen molar-refractivity contribution in [1.29, 1.82) is 0 Å². The summed E-state index contributed by atoms with van der Waals surface area (Å²) >= 11 is 6.76. The van der Waals surface area contributed by atoms with Crippen LogP contribution in [0.4, 0.5) is 11.4 Å². The lowest BCUT2D eigenvalue weighted by molar-refractivity contribution is 1.28. The van der Waals surface area contributed by atoms with Crippen LogP contribution in [-0.4, -0.2) is 4.98 Å². The Morgan fingerprint density at radius 3 is 2.13 bits per heavy atom. The van der Waals surface area contributed by atoms with E-state index in [0.717, 1.165) is 5.69 Å². The van der Waals surface area contributed by atoms with E-state index < -0.39 is 6.19 Å². The molecule has 0 saturated carbocycles. The molecule has 2 aliphatic heterocycles. The van der Waals surface area contributed by atoms with Crippen molar-refractivity contribution in [3.63, 3.8) is 0 Å². The molecule has 5 aromatic rings. The Labute approximate surface area is 185 Å². The first-order chi connectivity index (χ1) is 15.3. The van der Waals surface area contributed by atoms with Crippen molar-refractivity contribution >= 4 is 50.8 Å². The Morgan fingerprint density at radius 2 is 1.32 bits per heavy atom. The highest BCUT2D eigenvalue weighted by Gasteiger charge is 2.44. The molecule has 4 aromatic carbocycles. The van der Waals surface area contributed by atoms with E-state index in [0.29, 0.717) is 0 Å². The van der Waals surface area contributed by atoms with Crippen molar-refractivity contribution in [3.05, 3.63) is 103 Å². The van der Waals surface area contributed by atoms with E-state index in [9.17, 15) is 0 Å². The van der Waals surface area contributed by atoms with Gasteiger partial charge in [0.15, 0.2) is 0 Å². The molecule has 146 valence electrons. The van der Waals surface area contributed by atoms with Gasteiger partial charge in [-0.25, -0.2) is 0 Å². The largest absolute Gasteiger partial charge is 0.302 e. The van der Waals surface area contributed by atoms with Gasteiger partial charge in [-0.1, -0.05) is 96.7 Å². The van der Waals surface area contributed by atoms with Gasteiger partial charge in [0.1, 0.15) is 0 Å². The van der Waals surface area contributed by atoms with Crippen LogP contribution in [-0.2, 0) is 11.8 Å². The standard InChI is InChI=1S/C27H17N2PS/c31-30-25-11-5-3-9-21(25)20-15-16-28-17-24(20)29(30)27-19-8-2-1-7-18(19)13-14-23(27)22-10-4-6-12-26(22)30/h1-17H. The summed E-state index contributed by atoms with van der Waals surface area (Å²) in [6.07, 6.45) is 1.53.